The second-order valence-electron chi connectivity index (χ2n) is 6.31. The quantitative estimate of drug-likeness (QED) is 0.308. The third-order valence-corrected chi connectivity index (χ3v) is 4.11. The molecule has 0 amide bonds. The molecule has 0 saturated carbocycles. The molecular weight excluding hydrogens is 317 g/mol. The SMILES string of the molecule is CCCCCCCCCCCCN(CCC(=O)O)CCC(=O)O.[Na]. The van der Waals surface area contributed by atoms with E-state index in [0.29, 0.717) is 13.1 Å². The number of hydrogen-bond donors (Lipinski definition) is 2. The summed E-state index contributed by atoms with van der Waals surface area (Å²) in [6.45, 7) is 3.92. The standard InChI is InChI=1S/C18H35NO4.Na/c1-2-3-4-5-6-7-8-9-10-11-14-19(15-12-17(20)21)16-13-18(22)23;/h2-16H2,1H3,(H,20,21)(H,22,23);. The number of aliphatic carboxylic acids is 2. The molecule has 0 aliphatic carbocycles. The van der Waals surface area contributed by atoms with E-state index in [2.05, 4.69) is 6.92 Å². The van der Waals surface area contributed by atoms with Gasteiger partial charge >= 0.3 is 11.9 Å². The molecule has 0 aromatic heterocycles. The zero-order chi connectivity index (χ0) is 17.3. The summed E-state index contributed by atoms with van der Waals surface area (Å²) in [5.41, 5.74) is 0. The fourth-order valence-electron chi connectivity index (χ4n) is 2.67. The summed E-state index contributed by atoms with van der Waals surface area (Å²) in [7, 11) is 0. The van der Waals surface area contributed by atoms with Crippen LogP contribution in [0.5, 0.6) is 0 Å². The minimum Gasteiger partial charge on any atom is -0.481 e. The summed E-state index contributed by atoms with van der Waals surface area (Å²) in [6, 6.07) is 0. The number of hydrogen-bond acceptors (Lipinski definition) is 3. The van der Waals surface area contributed by atoms with E-state index in [4.69, 9.17) is 10.2 Å². The van der Waals surface area contributed by atoms with E-state index in [1.165, 1.54) is 51.4 Å². The maximum atomic E-state index is 10.6. The third-order valence-electron chi connectivity index (χ3n) is 4.11. The maximum Gasteiger partial charge on any atom is 0.304 e. The Morgan fingerprint density at radius 1 is 0.667 bits per heavy atom. The van der Waals surface area contributed by atoms with E-state index >= 15 is 0 Å². The van der Waals surface area contributed by atoms with Gasteiger partial charge in [0, 0.05) is 42.6 Å². The first-order chi connectivity index (χ1) is 11.1. The van der Waals surface area contributed by atoms with Crippen LogP contribution in [0.25, 0.3) is 0 Å². The number of rotatable bonds is 17. The van der Waals surface area contributed by atoms with Gasteiger partial charge in [0.15, 0.2) is 0 Å². The van der Waals surface area contributed by atoms with Crippen molar-refractivity contribution >= 4 is 41.5 Å². The molecule has 0 aliphatic heterocycles. The van der Waals surface area contributed by atoms with Gasteiger partial charge in [-0.3, -0.25) is 9.59 Å². The number of nitrogens with zero attached hydrogens (tertiary/aromatic N) is 1. The van der Waals surface area contributed by atoms with Crippen molar-refractivity contribution in [1.29, 1.82) is 0 Å². The molecule has 5 nitrogen and oxygen atoms in total. The van der Waals surface area contributed by atoms with Gasteiger partial charge in [-0.2, -0.15) is 0 Å². The van der Waals surface area contributed by atoms with Crippen molar-refractivity contribution in [1.82, 2.24) is 4.90 Å². The molecule has 0 saturated heterocycles. The molecule has 0 aromatic rings. The van der Waals surface area contributed by atoms with Crippen molar-refractivity contribution in [3.8, 4) is 0 Å². The second-order valence-corrected chi connectivity index (χ2v) is 6.31. The summed E-state index contributed by atoms with van der Waals surface area (Å²) in [4.78, 5) is 23.2. The molecule has 2 N–H and O–H groups in total. The van der Waals surface area contributed by atoms with Gasteiger partial charge in [-0.05, 0) is 13.0 Å². The Morgan fingerprint density at radius 2 is 1.04 bits per heavy atom. The van der Waals surface area contributed by atoms with Crippen LogP contribution in [0.3, 0.4) is 0 Å². The van der Waals surface area contributed by atoms with E-state index in [9.17, 15) is 9.59 Å². The number of carboxylic acid groups (broad SMARTS) is 2. The molecule has 0 atom stereocenters. The Kier molecular flexibility index (Phi) is 20.9. The molecule has 1 radical (unpaired) electrons. The summed E-state index contributed by atoms with van der Waals surface area (Å²) in [5, 5.41) is 17.5. The van der Waals surface area contributed by atoms with Crippen molar-refractivity contribution in [3.05, 3.63) is 0 Å². The van der Waals surface area contributed by atoms with Gasteiger partial charge in [-0.1, -0.05) is 64.7 Å². The summed E-state index contributed by atoms with van der Waals surface area (Å²) in [6.07, 6.45) is 12.8. The zero-order valence-corrected chi connectivity index (χ0v) is 17.8. The van der Waals surface area contributed by atoms with Crippen LogP contribution < -0.4 is 0 Å². The van der Waals surface area contributed by atoms with Gasteiger partial charge in [-0.15, -0.1) is 0 Å². The predicted octanol–water partition coefficient (Wildman–Crippen LogP) is 3.78. The van der Waals surface area contributed by atoms with E-state index in [1.807, 2.05) is 4.90 Å². The molecule has 0 aliphatic rings. The van der Waals surface area contributed by atoms with Gasteiger partial charge < -0.3 is 15.1 Å². The van der Waals surface area contributed by atoms with Crippen LogP contribution in [0.4, 0.5) is 0 Å². The molecule has 0 fully saturated rings. The van der Waals surface area contributed by atoms with E-state index in [0.717, 1.165) is 19.4 Å². The molecule has 137 valence electrons. The van der Waals surface area contributed by atoms with E-state index in [-0.39, 0.29) is 42.4 Å². The van der Waals surface area contributed by atoms with Gasteiger partial charge in [0.1, 0.15) is 0 Å². The van der Waals surface area contributed by atoms with Crippen LogP contribution in [0.1, 0.15) is 84.0 Å². The Bertz CT molecular complexity index is 295. The van der Waals surface area contributed by atoms with Crippen molar-refractivity contribution in [2.75, 3.05) is 19.6 Å². The van der Waals surface area contributed by atoms with Gasteiger partial charge in [0.2, 0.25) is 0 Å². The van der Waals surface area contributed by atoms with Gasteiger partial charge in [0.25, 0.3) is 0 Å². The normalized spacial score (nSPS) is 10.6. The molecule has 0 aromatic carbocycles. The van der Waals surface area contributed by atoms with Crippen molar-refractivity contribution in [2.45, 2.75) is 84.0 Å². The minimum absolute atomic E-state index is 0. The first-order valence-corrected chi connectivity index (χ1v) is 9.22. The Hall–Kier alpha value is -0.100. The summed E-state index contributed by atoms with van der Waals surface area (Å²) >= 11 is 0. The largest absolute Gasteiger partial charge is 0.481 e. The molecule has 0 bridgehead atoms. The fraction of sp³-hybridized carbons (Fsp3) is 0.889. The number of carboxylic acids is 2. The van der Waals surface area contributed by atoms with Crippen LogP contribution in [-0.4, -0.2) is 76.2 Å². The first-order valence-electron chi connectivity index (χ1n) is 9.22. The van der Waals surface area contributed by atoms with E-state index in [1.54, 1.807) is 0 Å². The topological polar surface area (TPSA) is 77.8 Å². The summed E-state index contributed by atoms with van der Waals surface area (Å²) in [5.74, 6) is -1.65. The minimum atomic E-state index is -0.826. The average Bonchev–Trinajstić information content (AvgIpc) is 2.50. The maximum absolute atomic E-state index is 10.6. The fourth-order valence-corrected chi connectivity index (χ4v) is 2.67. The molecule has 0 heterocycles. The number of unbranched alkanes of at least 4 members (excludes halogenated alkanes) is 9. The van der Waals surface area contributed by atoms with Crippen LogP contribution in [0.2, 0.25) is 0 Å². The van der Waals surface area contributed by atoms with Crippen molar-refractivity contribution in [3.63, 3.8) is 0 Å². The molecule has 24 heavy (non-hydrogen) atoms. The predicted molar refractivity (Wildman–Crippen MR) is 98.5 cm³/mol. The van der Waals surface area contributed by atoms with Crippen molar-refractivity contribution < 1.29 is 19.8 Å². The van der Waals surface area contributed by atoms with Crippen LogP contribution in [-0.2, 0) is 9.59 Å². The molecule has 0 spiro atoms. The second kappa shape index (κ2) is 19.2. The smallest absolute Gasteiger partial charge is 0.304 e. The Labute approximate surface area is 169 Å². The zero-order valence-electron chi connectivity index (χ0n) is 15.8. The molecule has 0 unspecified atom stereocenters. The first kappa shape index (κ1) is 26.1. The third kappa shape index (κ3) is 19.9. The van der Waals surface area contributed by atoms with E-state index < -0.39 is 11.9 Å². The van der Waals surface area contributed by atoms with Crippen LogP contribution >= 0.6 is 0 Å². The monoisotopic (exact) mass is 352 g/mol. The molecule has 0 rings (SSSR count). The van der Waals surface area contributed by atoms with Gasteiger partial charge in [-0.25, -0.2) is 0 Å². The average molecular weight is 352 g/mol. The van der Waals surface area contributed by atoms with Crippen molar-refractivity contribution in [2.24, 2.45) is 0 Å². The Balaban J connectivity index is 0. The van der Waals surface area contributed by atoms with Gasteiger partial charge in [0.05, 0.1) is 12.8 Å². The Morgan fingerprint density at radius 3 is 1.42 bits per heavy atom. The molecule has 6 heteroatoms. The molecular formula is C18H35NNaO4. The van der Waals surface area contributed by atoms with Crippen LogP contribution in [0.15, 0.2) is 0 Å². The van der Waals surface area contributed by atoms with Crippen LogP contribution in [0, 0.1) is 0 Å². The number of carbonyl (C=O) groups is 2. The summed E-state index contributed by atoms with van der Waals surface area (Å²) < 4.78 is 0.